The average molecular weight is 691 g/mol. The standard InChI is InChI=1S/C40H42N4O3S2/c1-3-5-7-9-25-46-33-19-15-31(16-20-33)44(32-17-21-34(22-18-32)47-26-10-8-6-4-2)30-13-11-29(12-14-30)36-27-41-39(40-38(36)42-49-43-40)37-24-23-35(28-45)48-37/h11-24,27-28H,3-10,25-26H2,1-2H3. The van der Waals surface area contributed by atoms with Crippen LogP contribution in [0, 0.1) is 0 Å². The van der Waals surface area contributed by atoms with Crippen LogP contribution in [-0.4, -0.2) is 33.2 Å². The lowest BCUT2D eigenvalue weighted by molar-refractivity contribution is 0.112. The number of hydrogen-bond donors (Lipinski definition) is 0. The van der Waals surface area contributed by atoms with E-state index in [1.807, 2.05) is 18.3 Å². The summed E-state index contributed by atoms with van der Waals surface area (Å²) in [6.07, 6.45) is 12.1. The van der Waals surface area contributed by atoms with E-state index in [-0.39, 0.29) is 0 Å². The van der Waals surface area contributed by atoms with E-state index in [1.165, 1.54) is 61.6 Å². The predicted octanol–water partition coefficient (Wildman–Crippen LogP) is 11.7. The number of aldehydes is 1. The van der Waals surface area contributed by atoms with Crippen molar-refractivity contribution in [3.8, 4) is 33.2 Å². The number of fused-ring (bicyclic) bond motifs is 1. The highest BCUT2D eigenvalue weighted by molar-refractivity contribution is 7.17. The molecule has 0 saturated carbocycles. The number of anilines is 3. The maximum absolute atomic E-state index is 11.3. The van der Waals surface area contributed by atoms with Gasteiger partial charge in [-0.15, -0.1) is 11.3 Å². The maximum Gasteiger partial charge on any atom is 0.160 e. The lowest BCUT2D eigenvalue weighted by atomic mass is 10.0. The van der Waals surface area contributed by atoms with Crippen LogP contribution >= 0.6 is 23.1 Å². The fourth-order valence-corrected chi connectivity index (χ4v) is 7.15. The normalized spacial score (nSPS) is 11.1. The molecule has 6 rings (SSSR count). The van der Waals surface area contributed by atoms with Gasteiger partial charge in [0.1, 0.15) is 28.2 Å². The first-order valence-corrected chi connectivity index (χ1v) is 18.8. The second-order valence-electron chi connectivity index (χ2n) is 12.0. The second kappa shape index (κ2) is 17.2. The molecule has 49 heavy (non-hydrogen) atoms. The Morgan fingerprint density at radius 2 is 1.20 bits per heavy atom. The van der Waals surface area contributed by atoms with Gasteiger partial charge in [0.05, 0.1) is 34.7 Å². The van der Waals surface area contributed by atoms with E-state index in [9.17, 15) is 4.79 Å². The highest BCUT2D eigenvalue weighted by Gasteiger charge is 2.18. The average Bonchev–Trinajstić information content (AvgIpc) is 3.84. The second-order valence-corrected chi connectivity index (χ2v) is 13.6. The molecule has 3 aromatic heterocycles. The van der Waals surface area contributed by atoms with Crippen LogP contribution in [0.25, 0.3) is 32.7 Å². The van der Waals surface area contributed by atoms with Gasteiger partial charge in [0.25, 0.3) is 0 Å². The van der Waals surface area contributed by atoms with Gasteiger partial charge in [-0.05, 0) is 91.2 Å². The van der Waals surface area contributed by atoms with Crippen LogP contribution in [0.3, 0.4) is 0 Å². The van der Waals surface area contributed by atoms with Crippen molar-refractivity contribution in [1.29, 1.82) is 0 Å². The van der Waals surface area contributed by atoms with Crippen molar-refractivity contribution >= 4 is 57.4 Å². The third-order valence-electron chi connectivity index (χ3n) is 8.43. The summed E-state index contributed by atoms with van der Waals surface area (Å²) < 4.78 is 21.3. The molecule has 0 aliphatic carbocycles. The zero-order valence-electron chi connectivity index (χ0n) is 28.1. The summed E-state index contributed by atoms with van der Waals surface area (Å²) in [5.41, 5.74) is 7.28. The Balaban J connectivity index is 1.26. The molecular weight excluding hydrogens is 649 g/mol. The summed E-state index contributed by atoms with van der Waals surface area (Å²) >= 11 is 2.58. The van der Waals surface area contributed by atoms with Gasteiger partial charge in [-0.2, -0.15) is 8.75 Å². The topological polar surface area (TPSA) is 77.4 Å². The highest BCUT2D eigenvalue weighted by Crippen LogP contribution is 2.39. The van der Waals surface area contributed by atoms with Gasteiger partial charge in [-0.25, -0.2) is 0 Å². The van der Waals surface area contributed by atoms with Crippen molar-refractivity contribution in [3.05, 3.63) is 96.0 Å². The van der Waals surface area contributed by atoms with Crippen LogP contribution in [0.5, 0.6) is 11.5 Å². The Bertz CT molecular complexity index is 1860. The molecule has 6 aromatic rings. The third kappa shape index (κ3) is 8.53. The van der Waals surface area contributed by atoms with E-state index in [0.717, 1.165) is 93.6 Å². The van der Waals surface area contributed by atoms with Gasteiger partial charge in [0, 0.05) is 28.8 Å². The van der Waals surface area contributed by atoms with E-state index in [0.29, 0.717) is 4.88 Å². The SMILES string of the molecule is CCCCCCOc1ccc(N(c2ccc(OCCCCCC)cc2)c2ccc(-c3cnc(-c4ccc(C=O)s4)c4nsnc34)cc2)cc1. The van der Waals surface area contributed by atoms with Crippen molar-refractivity contribution < 1.29 is 14.3 Å². The Kier molecular flexibility index (Phi) is 12.0. The van der Waals surface area contributed by atoms with Crippen molar-refractivity contribution in [2.75, 3.05) is 18.1 Å². The molecule has 0 spiro atoms. The number of carbonyl (C=O) groups excluding carboxylic acids is 1. The molecule has 0 fully saturated rings. The molecule has 0 radical (unpaired) electrons. The molecule has 0 atom stereocenters. The summed E-state index contributed by atoms with van der Waals surface area (Å²) in [6.45, 7) is 5.90. The Hall–Kier alpha value is -4.60. The molecule has 7 nitrogen and oxygen atoms in total. The van der Waals surface area contributed by atoms with Gasteiger partial charge in [-0.1, -0.05) is 64.5 Å². The van der Waals surface area contributed by atoms with Gasteiger partial charge in [-0.3, -0.25) is 9.78 Å². The molecule has 252 valence electrons. The molecule has 0 saturated heterocycles. The lowest BCUT2D eigenvalue weighted by Crippen LogP contribution is -2.10. The number of ether oxygens (including phenoxy) is 2. The zero-order chi connectivity index (χ0) is 33.8. The largest absolute Gasteiger partial charge is 0.494 e. The molecule has 0 N–H and O–H groups in total. The van der Waals surface area contributed by atoms with E-state index in [1.54, 1.807) is 0 Å². The van der Waals surface area contributed by atoms with E-state index < -0.39 is 0 Å². The van der Waals surface area contributed by atoms with E-state index in [2.05, 4.69) is 100 Å². The minimum atomic E-state index is 0.659. The minimum Gasteiger partial charge on any atom is -0.494 e. The maximum atomic E-state index is 11.3. The van der Waals surface area contributed by atoms with Gasteiger partial charge < -0.3 is 14.4 Å². The van der Waals surface area contributed by atoms with E-state index >= 15 is 0 Å². The number of pyridine rings is 1. The lowest BCUT2D eigenvalue weighted by Gasteiger charge is -2.26. The first-order valence-electron chi connectivity index (χ1n) is 17.2. The van der Waals surface area contributed by atoms with E-state index in [4.69, 9.17) is 14.5 Å². The number of carbonyl (C=O) groups is 1. The molecule has 3 aromatic carbocycles. The Morgan fingerprint density at radius 3 is 1.73 bits per heavy atom. The van der Waals surface area contributed by atoms with Crippen molar-refractivity contribution in [2.24, 2.45) is 0 Å². The van der Waals surface area contributed by atoms with Crippen molar-refractivity contribution in [1.82, 2.24) is 13.7 Å². The Morgan fingerprint density at radius 1 is 0.653 bits per heavy atom. The van der Waals surface area contributed by atoms with Crippen LogP contribution in [0.2, 0.25) is 0 Å². The first-order chi connectivity index (χ1) is 24.2. The van der Waals surface area contributed by atoms with Gasteiger partial charge in [0.15, 0.2) is 6.29 Å². The number of aromatic nitrogens is 3. The first kappa shape index (κ1) is 34.3. The van der Waals surface area contributed by atoms with Crippen LogP contribution < -0.4 is 14.4 Å². The van der Waals surface area contributed by atoms with Gasteiger partial charge >= 0.3 is 0 Å². The summed E-state index contributed by atoms with van der Waals surface area (Å²) in [7, 11) is 0. The predicted molar refractivity (Wildman–Crippen MR) is 203 cm³/mol. The number of unbranched alkanes of at least 4 members (excludes halogenated alkanes) is 6. The summed E-state index contributed by atoms with van der Waals surface area (Å²) in [6, 6.07) is 28.8. The van der Waals surface area contributed by atoms with Crippen molar-refractivity contribution in [3.63, 3.8) is 0 Å². The number of benzene rings is 3. The van der Waals surface area contributed by atoms with Crippen molar-refractivity contribution in [2.45, 2.75) is 65.2 Å². The summed E-state index contributed by atoms with van der Waals surface area (Å²) in [5.74, 6) is 1.76. The van der Waals surface area contributed by atoms with Gasteiger partial charge in [0.2, 0.25) is 0 Å². The monoisotopic (exact) mass is 690 g/mol. The van der Waals surface area contributed by atoms with Crippen LogP contribution in [0.4, 0.5) is 17.1 Å². The molecule has 0 aliphatic rings. The molecule has 9 heteroatoms. The quantitative estimate of drug-likeness (QED) is 0.0656. The number of rotatable bonds is 18. The fourth-order valence-electron chi connectivity index (χ4n) is 5.76. The third-order valence-corrected chi connectivity index (χ3v) is 9.97. The van der Waals surface area contributed by atoms with Crippen LogP contribution in [0.15, 0.2) is 91.1 Å². The van der Waals surface area contributed by atoms with Crippen LogP contribution in [0.1, 0.15) is 74.9 Å². The molecule has 0 unspecified atom stereocenters. The number of hydrogen-bond acceptors (Lipinski definition) is 9. The molecule has 0 aliphatic heterocycles. The molecule has 3 heterocycles. The molecule has 0 bridgehead atoms. The summed E-state index contributed by atoms with van der Waals surface area (Å²) in [5, 5.41) is 0. The zero-order valence-corrected chi connectivity index (χ0v) is 29.8. The smallest absolute Gasteiger partial charge is 0.160 e. The number of nitrogens with zero attached hydrogens (tertiary/aromatic N) is 4. The number of thiophene rings is 1. The molecule has 0 amide bonds. The Labute approximate surface area is 296 Å². The fraction of sp³-hybridized carbons (Fsp3) is 0.300. The minimum absolute atomic E-state index is 0.659. The van der Waals surface area contributed by atoms with Crippen LogP contribution in [-0.2, 0) is 0 Å². The molecular formula is C40H42N4O3S2. The highest BCUT2D eigenvalue weighted by atomic mass is 32.1. The summed E-state index contributed by atoms with van der Waals surface area (Å²) in [4.78, 5) is 19.9.